The number of anilines is 1. The minimum absolute atomic E-state index is 0.0745. The first-order valence-corrected chi connectivity index (χ1v) is 10.8. The number of aromatic carboxylic acids is 1. The van der Waals surface area contributed by atoms with E-state index in [0.717, 1.165) is 16.8 Å². The molecule has 3 aromatic rings. The Hall–Kier alpha value is -3.21. The number of aliphatic hydroxyl groups is 1. The lowest BCUT2D eigenvalue weighted by atomic mass is 9.98. The Balaban J connectivity index is 1.94. The van der Waals surface area contributed by atoms with Crippen LogP contribution in [0, 0.1) is 5.82 Å². The van der Waals surface area contributed by atoms with Crippen LogP contribution in [0.5, 0.6) is 0 Å². The number of fused-ring (bicyclic) bond motifs is 1. The van der Waals surface area contributed by atoms with E-state index in [4.69, 9.17) is 0 Å². The van der Waals surface area contributed by atoms with Crippen molar-refractivity contribution in [2.45, 2.75) is 10.8 Å². The van der Waals surface area contributed by atoms with E-state index in [-0.39, 0.29) is 16.6 Å². The third-order valence-corrected chi connectivity index (χ3v) is 6.03. The van der Waals surface area contributed by atoms with Gasteiger partial charge in [0, 0.05) is 37.3 Å². The Morgan fingerprint density at radius 3 is 2.55 bits per heavy atom. The first-order valence-electron chi connectivity index (χ1n) is 10.3. The standard InChI is InChI=1S/C23H22FN3O5S/c24-18-9-15-19(10-20(18)26-6-4-25-5-7-26)27(11-16(21(15)29)23(31)32)22(30)17(12-28)13-2-1-3-14(33)8-13/h1-3,8-11,17,25,28,33H,4-7,12H2,(H,31,32). The van der Waals surface area contributed by atoms with Crippen LogP contribution in [0.2, 0.25) is 0 Å². The van der Waals surface area contributed by atoms with Crippen LogP contribution in [-0.2, 0) is 0 Å². The molecule has 172 valence electrons. The quantitative estimate of drug-likeness (QED) is 0.421. The van der Waals surface area contributed by atoms with E-state index in [1.165, 1.54) is 6.07 Å². The number of piperazine rings is 1. The number of hydrogen-bond donors (Lipinski definition) is 4. The molecule has 1 unspecified atom stereocenters. The van der Waals surface area contributed by atoms with E-state index in [2.05, 4.69) is 17.9 Å². The number of pyridine rings is 1. The molecule has 3 N–H and O–H groups in total. The highest BCUT2D eigenvalue weighted by molar-refractivity contribution is 7.80. The summed E-state index contributed by atoms with van der Waals surface area (Å²) in [5.41, 5.74) is -0.783. The van der Waals surface area contributed by atoms with Crippen molar-refractivity contribution in [3.05, 3.63) is 69.8 Å². The van der Waals surface area contributed by atoms with Crippen molar-refractivity contribution in [3.63, 3.8) is 0 Å². The zero-order chi connectivity index (χ0) is 23.7. The van der Waals surface area contributed by atoms with Gasteiger partial charge in [0.25, 0.3) is 0 Å². The molecular weight excluding hydrogens is 449 g/mol. The van der Waals surface area contributed by atoms with Crippen LogP contribution in [0.1, 0.15) is 26.6 Å². The highest BCUT2D eigenvalue weighted by Crippen LogP contribution is 2.28. The summed E-state index contributed by atoms with van der Waals surface area (Å²) in [6.07, 6.45) is 0.946. The number of carbonyl (C=O) groups is 2. The number of carboxylic acid groups (broad SMARTS) is 1. The molecule has 1 aliphatic rings. The number of nitrogens with zero attached hydrogens (tertiary/aromatic N) is 2. The lowest BCUT2D eigenvalue weighted by Crippen LogP contribution is -2.44. The highest BCUT2D eigenvalue weighted by atomic mass is 32.1. The number of nitrogens with one attached hydrogen (secondary N) is 1. The summed E-state index contributed by atoms with van der Waals surface area (Å²) in [6.45, 7) is 1.79. The van der Waals surface area contributed by atoms with Crippen LogP contribution in [0.4, 0.5) is 10.1 Å². The fourth-order valence-electron chi connectivity index (χ4n) is 4.05. The second kappa shape index (κ2) is 9.34. The molecule has 1 atom stereocenters. The molecule has 1 aromatic heterocycles. The number of thiol groups is 1. The summed E-state index contributed by atoms with van der Waals surface area (Å²) >= 11 is 4.27. The van der Waals surface area contributed by atoms with Gasteiger partial charge in [-0.15, -0.1) is 12.6 Å². The second-order valence-corrected chi connectivity index (χ2v) is 8.29. The van der Waals surface area contributed by atoms with E-state index in [1.807, 2.05) is 0 Å². The van der Waals surface area contributed by atoms with Crippen molar-refractivity contribution in [2.24, 2.45) is 0 Å². The molecule has 33 heavy (non-hydrogen) atoms. The Kier molecular flexibility index (Phi) is 6.50. The monoisotopic (exact) mass is 471 g/mol. The zero-order valence-corrected chi connectivity index (χ0v) is 18.4. The lowest BCUT2D eigenvalue weighted by Gasteiger charge is -2.30. The molecule has 0 spiro atoms. The minimum Gasteiger partial charge on any atom is -0.477 e. The van der Waals surface area contributed by atoms with E-state index in [0.29, 0.717) is 36.6 Å². The summed E-state index contributed by atoms with van der Waals surface area (Å²) in [6, 6.07) is 9.03. The van der Waals surface area contributed by atoms with Gasteiger partial charge in [0.05, 0.1) is 29.1 Å². The molecule has 0 amide bonds. The molecule has 0 saturated carbocycles. The average molecular weight is 472 g/mol. The molecule has 8 nitrogen and oxygen atoms in total. The Morgan fingerprint density at radius 2 is 1.91 bits per heavy atom. The Morgan fingerprint density at radius 1 is 1.18 bits per heavy atom. The number of rotatable bonds is 5. The van der Waals surface area contributed by atoms with Gasteiger partial charge in [0.15, 0.2) is 0 Å². The van der Waals surface area contributed by atoms with Gasteiger partial charge in [-0.2, -0.15) is 0 Å². The van der Waals surface area contributed by atoms with Gasteiger partial charge in [0.2, 0.25) is 11.3 Å². The van der Waals surface area contributed by atoms with Crippen molar-refractivity contribution in [3.8, 4) is 0 Å². The van der Waals surface area contributed by atoms with Crippen molar-refractivity contribution < 1.29 is 24.2 Å². The van der Waals surface area contributed by atoms with Crippen molar-refractivity contribution in [1.29, 1.82) is 0 Å². The topological polar surface area (TPSA) is 112 Å². The number of carboxylic acids is 1. The molecule has 0 bridgehead atoms. The van der Waals surface area contributed by atoms with Gasteiger partial charge in [-0.3, -0.25) is 14.2 Å². The van der Waals surface area contributed by atoms with Crippen molar-refractivity contribution in [1.82, 2.24) is 9.88 Å². The van der Waals surface area contributed by atoms with Gasteiger partial charge in [0.1, 0.15) is 11.4 Å². The summed E-state index contributed by atoms with van der Waals surface area (Å²) < 4.78 is 16.0. The van der Waals surface area contributed by atoms with Crippen LogP contribution >= 0.6 is 12.6 Å². The molecule has 1 aliphatic heterocycles. The first-order chi connectivity index (χ1) is 15.8. The van der Waals surface area contributed by atoms with Gasteiger partial charge in [-0.1, -0.05) is 12.1 Å². The van der Waals surface area contributed by atoms with E-state index < -0.39 is 41.2 Å². The fourth-order valence-corrected chi connectivity index (χ4v) is 4.29. The van der Waals surface area contributed by atoms with Gasteiger partial charge in [-0.25, -0.2) is 9.18 Å². The Bertz CT molecular complexity index is 1300. The van der Waals surface area contributed by atoms with Crippen molar-refractivity contribution >= 4 is 41.1 Å². The third kappa shape index (κ3) is 4.37. The molecule has 1 saturated heterocycles. The van der Waals surface area contributed by atoms with Crippen LogP contribution < -0.4 is 15.6 Å². The van der Waals surface area contributed by atoms with Crippen LogP contribution in [0.15, 0.2) is 52.3 Å². The summed E-state index contributed by atoms with van der Waals surface area (Å²) in [7, 11) is 0. The summed E-state index contributed by atoms with van der Waals surface area (Å²) in [5.74, 6) is -3.91. The molecule has 0 radical (unpaired) electrons. The zero-order valence-electron chi connectivity index (χ0n) is 17.5. The number of benzene rings is 2. The maximum absolute atomic E-state index is 15.0. The molecule has 0 aliphatic carbocycles. The molecule has 2 heterocycles. The van der Waals surface area contributed by atoms with Crippen LogP contribution in [-0.4, -0.2) is 59.4 Å². The second-order valence-electron chi connectivity index (χ2n) is 7.77. The fraction of sp³-hybridized carbons (Fsp3) is 0.261. The number of carbonyl (C=O) groups excluding carboxylic acids is 1. The van der Waals surface area contributed by atoms with Gasteiger partial charge >= 0.3 is 5.97 Å². The smallest absolute Gasteiger partial charge is 0.341 e. The van der Waals surface area contributed by atoms with E-state index in [9.17, 15) is 29.0 Å². The lowest BCUT2D eigenvalue weighted by molar-refractivity contribution is 0.0695. The molecule has 2 aromatic carbocycles. The predicted molar refractivity (Wildman–Crippen MR) is 124 cm³/mol. The van der Waals surface area contributed by atoms with Gasteiger partial charge in [-0.05, 0) is 29.8 Å². The normalized spacial score (nSPS) is 14.9. The molecule has 4 rings (SSSR count). The number of aliphatic hydroxyl groups excluding tert-OH is 1. The minimum atomic E-state index is -1.53. The highest BCUT2D eigenvalue weighted by Gasteiger charge is 2.27. The predicted octanol–water partition coefficient (Wildman–Crippen LogP) is 1.95. The SMILES string of the molecule is O=C(O)c1cn(C(=O)C(CO)c2cccc(S)c2)c2cc(N3CCNCC3)c(F)cc2c1=O. The molecular formula is C23H22FN3O5S. The van der Waals surface area contributed by atoms with Crippen LogP contribution in [0.25, 0.3) is 10.9 Å². The number of aromatic nitrogens is 1. The summed E-state index contributed by atoms with van der Waals surface area (Å²) in [5, 5.41) is 22.5. The first kappa shape index (κ1) is 23.0. The van der Waals surface area contributed by atoms with E-state index in [1.54, 1.807) is 29.2 Å². The van der Waals surface area contributed by atoms with E-state index >= 15 is 0 Å². The largest absolute Gasteiger partial charge is 0.477 e. The number of halogens is 1. The molecule has 1 fully saturated rings. The molecule has 10 heteroatoms. The van der Waals surface area contributed by atoms with Crippen molar-refractivity contribution in [2.75, 3.05) is 37.7 Å². The Labute approximate surface area is 193 Å². The van der Waals surface area contributed by atoms with Gasteiger partial charge < -0.3 is 20.4 Å². The van der Waals surface area contributed by atoms with Crippen LogP contribution in [0.3, 0.4) is 0 Å². The number of hydrogen-bond acceptors (Lipinski definition) is 7. The summed E-state index contributed by atoms with van der Waals surface area (Å²) in [4.78, 5) is 40.4. The third-order valence-electron chi connectivity index (χ3n) is 5.75. The maximum atomic E-state index is 15.0. The average Bonchev–Trinajstić information content (AvgIpc) is 2.80. The maximum Gasteiger partial charge on any atom is 0.341 e.